The van der Waals surface area contributed by atoms with E-state index in [4.69, 9.17) is 9.47 Å². The first-order valence-electron chi connectivity index (χ1n) is 4.62. The van der Waals surface area contributed by atoms with Crippen LogP contribution in [0.15, 0.2) is 18.2 Å². The van der Waals surface area contributed by atoms with E-state index in [0.717, 1.165) is 12.1 Å². The first-order valence-corrected chi connectivity index (χ1v) is 4.62. The highest BCUT2D eigenvalue weighted by Crippen LogP contribution is 2.12. The Hall–Kier alpha value is -1.33. The van der Waals surface area contributed by atoms with E-state index < -0.39 is 17.9 Å². The van der Waals surface area contributed by atoms with Crippen molar-refractivity contribution in [3.8, 4) is 0 Å². The minimum absolute atomic E-state index is 0.0436. The van der Waals surface area contributed by atoms with Crippen molar-refractivity contribution in [2.75, 3.05) is 14.2 Å². The Labute approximate surface area is 92.0 Å². The van der Waals surface area contributed by atoms with Crippen LogP contribution >= 0.6 is 0 Å². The van der Waals surface area contributed by atoms with E-state index in [1.165, 1.54) is 20.3 Å². The largest absolute Gasteiger partial charge is 0.355 e. The van der Waals surface area contributed by atoms with Gasteiger partial charge >= 0.3 is 0 Å². The van der Waals surface area contributed by atoms with Gasteiger partial charge in [0.05, 0.1) is 6.42 Å². The fourth-order valence-corrected chi connectivity index (χ4v) is 1.20. The molecule has 0 saturated heterocycles. The highest BCUT2D eigenvalue weighted by Gasteiger charge is 2.15. The number of ether oxygens (including phenoxy) is 2. The molecule has 1 rings (SSSR count). The predicted octanol–water partition coefficient (Wildman–Crippen LogP) is 2.16. The van der Waals surface area contributed by atoms with Crippen LogP contribution in [0.2, 0.25) is 0 Å². The standard InChI is InChI=1S/C11H12F2O3/c1-15-11(16-2)6-10(14)7-3-4-8(12)9(13)5-7/h3-5,11H,6H2,1-2H3. The average molecular weight is 230 g/mol. The number of benzene rings is 1. The summed E-state index contributed by atoms with van der Waals surface area (Å²) in [6.07, 6.45) is -0.724. The maximum Gasteiger partial charge on any atom is 0.168 e. The predicted molar refractivity (Wildman–Crippen MR) is 53.1 cm³/mol. The average Bonchev–Trinajstić information content (AvgIpc) is 2.29. The number of Topliss-reactive ketones (excluding diaryl/α,β-unsaturated/α-hetero) is 1. The molecule has 5 heteroatoms. The van der Waals surface area contributed by atoms with Gasteiger partial charge in [-0.2, -0.15) is 0 Å². The lowest BCUT2D eigenvalue weighted by atomic mass is 10.1. The number of carbonyl (C=O) groups is 1. The molecule has 0 amide bonds. The van der Waals surface area contributed by atoms with E-state index in [-0.39, 0.29) is 17.8 Å². The number of carbonyl (C=O) groups excluding carboxylic acids is 1. The van der Waals surface area contributed by atoms with Crippen LogP contribution in [0.5, 0.6) is 0 Å². The minimum Gasteiger partial charge on any atom is -0.355 e. The summed E-state index contributed by atoms with van der Waals surface area (Å²) >= 11 is 0. The molecule has 88 valence electrons. The van der Waals surface area contributed by atoms with E-state index in [2.05, 4.69) is 0 Å². The maximum atomic E-state index is 12.9. The van der Waals surface area contributed by atoms with E-state index in [1.807, 2.05) is 0 Å². The van der Waals surface area contributed by atoms with Crippen molar-refractivity contribution in [3.63, 3.8) is 0 Å². The highest BCUT2D eigenvalue weighted by atomic mass is 19.2. The van der Waals surface area contributed by atoms with Gasteiger partial charge in [0.1, 0.15) is 0 Å². The Morgan fingerprint density at radius 2 is 1.88 bits per heavy atom. The molecular weight excluding hydrogens is 218 g/mol. The maximum absolute atomic E-state index is 12.9. The summed E-state index contributed by atoms with van der Waals surface area (Å²) < 4.78 is 35.1. The summed E-state index contributed by atoms with van der Waals surface area (Å²) in [5.41, 5.74) is 0.0954. The molecule has 0 atom stereocenters. The lowest BCUT2D eigenvalue weighted by molar-refractivity contribution is -0.0993. The third kappa shape index (κ3) is 3.08. The van der Waals surface area contributed by atoms with Crippen LogP contribution < -0.4 is 0 Å². The summed E-state index contributed by atoms with van der Waals surface area (Å²) in [6, 6.07) is 3.00. The van der Waals surface area contributed by atoms with Crippen molar-refractivity contribution in [1.29, 1.82) is 0 Å². The summed E-state index contributed by atoms with van der Waals surface area (Å²) in [4.78, 5) is 11.6. The molecule has 1 aromatic carbocycles. The summed E-state index contributed by atoms with van der Waals surface area (Å²) in [5.74, 6) is -2.39. The molecule has 0 fully saturated rings. The lowest BCUT2D eigenvalue weighted by Gasteiger charge is -2.12. The molecule has 0 heterocycles. The highest BCUT2D eigenvalue weighted by molar-refractivity contribution is 5.96. The van der Waals surface area contributed by atoms with Gasteiger partial charge in [0, 0.05) is 19.8 Å². The molecule has 0 bridgehead atoms. The van der Waals surface area contributed by atoms with Crippen LogP contribution in [0.1, 0.15) is 16.8 Å². The van der Waals surface area contributed by atoms with Crippen molar-refractivity contribution in [1.82, 2.24) is 0 Å². The number of halogens is 2. The summed E-state index contributed by atoms with van der Waals surface area (Å²) in [5, 5.41) is 0. The van der Waals surface area contributed by atoms with Gasteiger partial charge in [-0.1, -0.05) is 0 Å². The first-order chi connectivity index (χ1) is 7.58. The van der Waals surface area contributed by atoms with E-state index >= 15 is 0 Å². The monoisotopic (exact) mass is 230 g/mol. The van der Waals surface area contributed by atoms with Crippen molar-refractivity contribution in [2.45, 2.75) is 12.7 Å². The lowest BCUT2D eigenvalue weighted by Crippen LogP contribution is -2.18. The third-order valence-electron chi connectivity index (χ3n) is 2.12. The quantitative estimate of drug-likeness (QED) is 0.574. The zero-order chi connectivity index (χ0) is 12.1. The first kappa shape index (κ1) is 12.7. The number of methoxy groups -OCH3 is 2. The summed E-state index contributed by atoms with van der Waals surface area (Å²) in [6.45, 7) is 0. The fraction of sp³-hybridized carbons (Fsp3) is 0.364. The molecule has 0 aromatic heterocycles. The second-order valence-electron chi connectivity index (χ2n) is 3.16. The molecule has 16 heavy (non-hydrogen) atoms. The van der Waals surface area contributed by atoms with Crippen LogP contribution in [-0.4, -0.2) is 26.3 Å². The van der Waals surface area contributed by atoms with Gasteiger partial charge in [-0.05, 0) is 18.2 Å². The van der Waals surface area contributed by atoms with Gasteiger partial charge in [-0.3, -0.25) is 4.79 Å². The summed E-state index contributed by atoms with van der Waals surface area (Å²) in [7, 11) is 2.79. The SMILES string of the molecule is COC(CC(=O)c1ccc(F)c(F)c1)OC. The third-order valence-corrected chi connectivity index (χ3v) is 2.12. The topological polar surface area (TPSA) is 35.5 Å². The van der Waals surface area contributed by atoms with Gasteiger partial charge in [-0.25, -0.2) is 8.78 Å². The zero-order valence-corrected chi connectivity index (χ0v) is 9.00. The molecule has 0 aliphatic rings. The van der Waals surface area contributed by atoms with Crippen LogP contribution in [-0.2, 0) is 9.47 Å². The smallest absolute Gasteiger partial charge is 0.168 e. The molecule has 0 radical (unpaired) electrons. The number of hydrogen-bond acceptors (Lipinski definition) is 3. The minimum atomic E-state index is -1.04. The Kier molecular flexibility index (Phi) is 4.52. The van der Waals surface area contributed by atoms with Crippen molar-refractivity contribution >= 4 is 5.78 Å². The number of rotatable bonds is 5. The van der Waals surface area contributed by atoms with Crippen LogP contribution in [0.3, 0.4) is 0 Å². The van der Waals surface area contributed by atoms with Crippen LogP contribution in [0.25, 0.3) is 0 Å². The van der Waals surface area contributed by atoms with Crippen molar-refractivity contribution in [2.24, 2.45) is 0 Å². The van der Waals surface area contributed by atoms with Crippen LogP contribution in [0.4, 0.5) is 8.78 Å². The molecule has 0 unspecified atom stereocenters. The van der Waals surface area contributed by atoms with Gasteiger partial charge in [-0.15, -0.1) is 0 Å². The molecule has 0 aliphatic carbocycles. The van der Waals surface area contributed by atoms with Gasteiger partial charge in [0.15, 0.2) is 23.7 Å². The Morgan fingerprint density at radius 3 is 2.38 bits per heavy atom. The molecule has 1 aromatic rings. The van der Waals surface area contributed by atoms with Crippen LogP contribution in [0, 0.1) is 11.6 Å². The second kappa shape index (κ2) is 5.67. The van der Waals surface area contributed by atoms with Gasteiger partial charge in [0.25, 0.3) is 0 Å². The normalized spacial score (nSPS) is 10.8. The molecular formula is C11H12F2O3. The Bertz CT molecular complexity index is 375. The van der Waals surface area contributed by atoms with E-state index in [9.17, 15) is 13.6 Å². The van der Waals surface area contributed by atoms with E-state index in [0.29, 0.717) is 0 Å². The molecule has 0 N–H and O–H groups in total. The van der Waals surface area contributed by atoms with Crippen molar-refractivity contribution < 1.29 is 23.0 Å². The molecule has 0 aliphatic heterocycles. The van der Waals surface area contributed by atoms with Crippen molar-refractivity contribution in [3.05, 3.63) is 35.4 Å². The Morgan fingerprint density at radius 1 is 1.25 bits per heavy atom. The zero-order valence-electron chi connectivity index (χ0n) is 9.00. The van der Waals surface area contributed by atoms with E-state index in [1.54, 1.807) is 0 Å². The fourth-order valence-electron chi connectivity index (χ4n) is 1.20. The number of ketones is 1. The Balaban J connectivity index is 2.76. The molecule has 0 spiro atoms. The molecule has 3 nitrogen and oxygen atoms in total. The number of hydrogen-bond donors (Lipinski definition) is 0. The molecule has 0 saturated carbocycles. The van der Waals surface area contributed by atoms with Gasteiger partial charge < -0.3 is 9.47 Å². The van der Waals surface area contributed by atoms with Gasteiger partial charge in [0.2, 0.25) is 0 Å². The second-order valence-corrected chi connectivity index (χ2v) is 3.16.